The number of benzene rings is 3. The van der Waals surface area contributed by atoms with Gasteiger partial charge >= 0.3 is 0 Å². The van der Waals surface area contributed by atoms with E-state index >= 15 is 0 Å². The topological polar surface area (TPSA) is 88.9 Å². The Labute approximate surface area is 198 Å². The van der Waals surface area contributed by atoms with Crippen LogP contribution in [0, 0.1) is 5.82 Å². The number of thioether (sulfide) groups is 1. The van der Waals surface area contributed by atoms with Crippen molar-refractivity contribution in [2.45, 2.75) is 5.16 Å². The van der Waals surface area contributed by atoms with Gasteiger partial charge < -0.3 is 0 Å². The Balaban J connectivity index is 1.47. The van der Waals surface area contributed by atoms with Crippen LogP contribution < -0.4 is 10.9 Å². The molecule has 0 aliphatic carbocycles. The molecular weight excluding hydrogens is 465 g/mol. The first-order valence-electron chi connectivity index (χ1n) is 9.75. The summed E-state index contributed by atoms with van der Waals surface area (Å²) in [6, 6.07) is 21.6. The molecule has 33 heavy (non-hydrogen) atoms. The summed E-state index contributed by atoms with van der Waals surface area (Å²) in [7, 11) is 0. The van der Waals surface area contributed by atoms with Crippen LogP contribution in [0.2, 0.25) is 5.02 Å². The largest absolute Gasteiger partial charge is 0.272 e. The summed E-state index contributed by atoms with van der Waals surface area (Å²) in [5.41, 5.74) is 6.56. The van der Waals surface area contributed by atoms with Gasteiger partial charge in [0.25, 0.3) is 5.91 Å². The number of carbonyl (C=O) groups excluding carboxylic acids is 2. The average molecular weight is 482 g/mol. The molecule has 7 nitrogen and oxygen atoms in total. The van der Waals surface area contributed by atoms with E-state index in [1.165, 1.54) is 12.1 Å². The lowest BCUT2D eigenvalue weighted by molar-refractivity contribution is -0.119. The van der Waals surface area contributed by atoms with Crippen LogP contribution in [0.3, 0.4) is 0 Å². The lowest BCUT2D eigenvalue weighted by Crippen LogP contribution is -2.42. The standard InChI is InChI=1S/C23H17ClFN5O2S/c24-17-8-6-16(7-9-17)22(32)28-26-20(31)14-33-23-29-27-21(15-4-2-1-3-5-15)30(23)19-12-10-18(25)11-13-19/h1-13H,14H2,(H,26,31)(H,28,32). The molecule has 2 N–H and O–H groups in total. The molecule has 0 spiro atoms. The number of aromatic nitrogens is 3. The first-order valence-corrected chi connectivity index (χ1v) is 11.1. The van der Waals surface area contributed by atoms with Crippen LogP contribution in [-0.2, 0) is 4.79 Å². The molecule has 2 amide bonds. The highest BCUT2D eigenvalue weighted by atomic mass is 35.5. The number of rotatable bonds is 6. The average Bonchev–Trinajstić information content (AvgIpc) is 3.26. The molecule has 10 heteroatoms. The van der Waals surface area contributed by atoms with E-state index in [-0.39, 0.29) is 11.6 Å². The first kappa shape index (κ1) is 22.5. The van der Waals surface area contributed by atoms with Crippen molar-refractivity contribution in [2.24, 2.45) is 0 Å². The van der Waals surface area contributed by atoms with E-state index in [0.29, 0.717) is 27.3 Å². The van der Waals surface area contributed by atoms with E-state index in [1.54, 1.807) is 41.0 Å². The van der Waals surface area contributed by atoms with Gasteiger partial charge in [-0.3, -0.25) is 25.0 Å². The maximum Gasteiger partial charge on any atom is 0.269 e. The normalized spacial score (nSPS) is 10.6. The molecule has 3 aromatic carbocycles. The molecule has 166 valence electrons. The molecule has 0 aliphatic heterocycles. The highest BCUT2D eigenvalue weighted by Gasteiger charge is 2.17. The molecule has 0 aliphatic rings. The lowest BCUT2D eigenvalue weighted by atomic mass is 10.2. The third kappa shape index (κ3) is 5.57. The molecule has 4 rings (SSSR count). The molecule has 4 aromatic rings. The van der Waals surface area contributed by atoms with Crippen LogP contribution >= 0.6 is 23.4 Å². The van der Waals surface area contributed by atoms with E-state index in [1.807, 2.05) is 30.3 Å². The predicted octanol–water partition coefficient (Wildman–Crippen LogP) is 4.28. The number of hydrazine groups is 1. The molecule has 1 heterocycles. The maximum absolute atomic E-state index is 13.5. The number of nitrogens with zero attached hydrogens (tertiary/aromatic N) is 3. The van der Waals surface area contributed by atoms with Crippen molar-refractivity contribution in [1.82, 2.24) is 25.6 Å². The molecule has 0 bridgehead atoms. The molecule has 0 atom stereocenters. The number of amides is 2. The van der Waals surface area contributed by atoms with E-state index < -0.39 is 11.8 Å². The van der Waals surface area contributed by atoms with Gasteiger partial charge in [-0.25, -0.2) is 4.39 Å². The molecule has 1 aromatic heterocycles. The highest BCUT2D eigenvalue weighted by molar-refractivity contribution is 7.99. The fraction of sp³-hybridized carbons (Fsp3) is 0.0435. The summed E-state index contributed by atoms with van der Waals surface area (Å²) in [4.78, 5) is 24.4. The minimum absolute atomic E-state index is 0.0327. The SMILES string of the molecule is O=C(CSc1nnc(-c2ccccc2)n1-c1ccc(F)cc1)NNC(=O)c1ccc(Cl)cc1. The van der Waals surface area contributed by atoms with E-state index in [0.717, 1.165) is 17.3 Å². The summed E-state index contributed by atoms with van der Waals surface area (Å²) in [6.07, 6.45) is 0. The van der Waals surface area contributed by atoms with Crippen LogP contribution in [0.5, 0.6) is 0 Å². The van der Waals surface area contributed by atoms with Gasteiger partial charge in [0.15, 0.2) is 11.0 Å². The Morgan fingerprint density at radius 1 is 0.909 bits per heavy atom. The third-order valence-corrected chi connectivity index (χ3v) is 5.69. The number of nitrogens with one attached hydrogen (secondary N) is 2. The Hall–Kier alpha value is -3.69. The zero-order chi connectivity index (χ0) is 23.2. The van der Waals surface area contributed by atoms with Gasteiger partial charge in [-0.05, 0) is 48.5 Å². The maximum atomic E-state index is 13.5. The molecule has 0 radical (unpaired) electrons. The van der Waals surface area contributed by atoms with E-state index in [9.17, 15) is 14.0 Å². The minimum atomic E-state index is -0.467. The van der Waals surface area contributed by atoms with Gasteiger partial charge in [-0.1, -0.05) is 53.7 Å². The van der Waals surface area contributed by atoms with Crippen LogP contribution in [0.4, 0.5) is 4.39 Å². The zero-order valence-corrected chi connectivity index (χ0v) is 18.6. The summed E-state index contributed by atoms with van der Waals surface area (Å²) in [6.45, 7) is 0. The van der Waals surface area contributed by atoms with E-state index in [4.69, 9.17) is 11.6 Å². The van der Waals surface area contributed by atoms with Crippen LogP contribution in [0.25, 0.3) is 17.1 Å². The zero-order valence-electron chi connectivity index (χ0n) is 17.0. The number of carbonyl (C=O) groups is 2. The molecular formula is C23H17ClFN5O2S. The molecule has 0 saturated carbocycles. The predicted molar refractivity (Wildman–Crippen MR) is 125 cm³/mol. The van der Waals surface area contributed by atoms with Crippen molar-refractivity contribution >= 4 is 35.2 Å². The fourth-order valence-electron chi connectivity index (χ4n) is 2.93. The van der Waals surface area contributed by atoms with Crippen molar-refractivity contribution in [1.29, 1.82) is 0 Å². The summed E-state index contributed by atoms with van der Waals surface area (Å²) >= 11 is 6.95. The molecule has 0 saturated heterocycles. The number of hydrogen-bond acceptors (Lipinski definition) is 5. The highest BCUT2D eigenvalue weighted by Crippen LogP contribution is 2.27. The van der Waals surface area contributed by atoms with Crippen molar-refractivity contribution in [3.8, 4) is 17.1 Å². The Kier molecular flexibility index (Phi) is 7.01. The second-order valence-corrected chi connectivity index (χ2v) is 8.16. The van der Waals surface area contributed by atoms with Gasteiger partial charge in [0.1, 0.15) is 5.82 Å². The van der Waals surface area contributed by atoms with Crippen LogP contribution in [0.1, 0.15) is 10.4 Å². The molecule has 0 fully saturated rings. The van der Waals surface area contributed by atoms with Gasteiger partial charge in [-0.2, -0.15) is 0 Å². The van der Waals surface area contributed by atoms with Crippen LogP contribution in [-0.4, -0.2) is 32.3 Å². The van der Waals surface area contributed by atoms with Crippen LogP contribution in [0.15, 0.2) is 84.0 Å². The fourth-order valence-corrected chi connectivity index (χ4v) is 3.80. The van der Waals surface area contributed by atoms with Gasteiger partial charge in [0, 0.05) is 21.8 Å². The van der Waals surface area contributed by atoms with E-state index in [2.05, 4.69) is 21.0 Å². The molecule has 0 unspecified atom stereocenters. The monoisotopic (exact) mass is 481 g/mol. The summed E-state index contributed by atoms with van der Waals surface area (Å²) in [5.74, 6) is -0.739. The van der Waals surface area contributed by atoms with Crippen molar-refractivity contribution in [2.75, 3.05) is 5.75 Å². The number of hydrogen-bond donors (Lipinski definition) is 2. The number of halogens is 2. The Morgan fingerprint density at radius 2 is 1.61 bits per heavy atom. The first-order chi connectivity index (χ1) is 16.0. The smallest absolute Gasteiger partial charge is 0.269 e. The van der Waals surface area contributed by atoms with Crippen molar-refractivity contribution in [3.05, 3.63) is 95.3 Å². The minimum Gasteiger partial charge on any atom is -0.272 e. The second kappa shape index (κ2) is 10.3. The van der Waals surface area contributed by atoms with Gasteiger partial charge in [0.05, 0.1) is 5.75 Å². The quantitative estimate of drug-likeness (QED) is 0.317. The summed E-state index contributed by atoms with van der Waals surface area (Å²) in [5, 5.41) is 9.44. The second-order valence-electron chi connectivity index (χ2n) is 6.78. The Morgan fingerprint density at radius 3 is 2.30 bits per heavy atom. The third-order valence-electron chi connectivity index (χ3n) is 4.50. The van der Waals surface area contributed by atoms with Crippen molar-refractivity contribution in [3.63, 3.8) is 0 Å². The lowest BCUT2D eigenvalue weighted by Gasteiger charge is -2.11. The van der Waals surface area contributed by atoms with Gasteiger partial charge in [-0.15, -0.1) is 10.2 Å². The summed E-state index contributed by atoms with van der Waals surface area (Å²) < 4.78 is 15.2. The van der Waals surface area contributed by atoms with Crippen molar-refractivity contribution < 1.29 is 14.0 Å². The van der Waals surface area contributed by atoms with Gasteiger partial charge in [0.2, 0.25) is 5.91 Å². The Bertz CT molecular complexity index is 1260.